The Hall–Kier alpha value is -1.09. The van der Waals surface area contributed by atoms with E-state index in [-0.39, 0.29) is 5.46 Å². The molecule has 0 amide bonds. The zero-order valence-electron chi connectivity index (χ0n) is 7.32. The Balaban J connectivity index is 2.73. The fraction of sp³-hybridized carbons (Fsp3) is 0.500. The predicted molar refractivity (Wildman–Crippen MR) is 43.0 cm³/mol. The number of nitrogens with zero attached hydrogens (tertiary/aromatic N) is 2. The van der Waals surface area contributed by atoms with Crippen LogP contribution in [-0.4, -0.2) is 39.3 Å². The van der Waals surface area contributed by atoms with E-state index in [1.54, 1.807) is 0 Å². The van der Waals surface area contributed by atoms with Crippen molar-refractivity contribution in [3.05, 3.63) is 12.4 Å². The van der Waals surface area contributed by atoms with Crippen molar-refractivity contribution in [2.45, 2.75) is 18.9 Å². The average Bonchev–Trinajstić information content (AvgIpc) is 2.51. The van der Waals surface area contributed by atoms with Crippen LogP contribution in [-0.2, 0) is 6.54 Å². The second-order valence-corrected chi connectivity index (χ2v) is 2.91. The Morgan fingerprint density at radius 2 is 2.07 bits per heavy atom. The van der Waals surface area contributed by atoms with E-state index in [0.29, 0.717) is 4.68 Å². The molecule has 0 aromatic carbocycles. The van der Waals surface area contributed by atoms with E-state index in [1.807, 2.05) is 0 Å². The van der Waals surface area contributed by atoms with Crippen LogP contribution in [0.4, 0.5) is 17.6 Å². The summed E-state index contributed by atoms with van der Waals surface area (Å²) in [6, 6.07) is 0. The molecule has 0 bridgehead atoms. The summed E-state index contributed by atoms with van der Waals surface area (Å²) >= 11 is 0. The van der Waals surface area contributed by atoms with Gasteiger partial charge in [0.2, 0.25) is 0 Å². The van der Waals surface area contributed by atoms with Gasteiger partial charge in [-0.3, -0.25) is 4.68 Å². The standard InChI is InChI=1S/C6H7BF4N2O2/c8-5(9)6(10,11)3-13-2-4(1-12-13)7(14)15/h1-2,5,14-15H,3H2. The van der Waals surface area contributed by atoms with Gasteiger partial charge >= 0.3 is 19.5 Å². The fourth-order valence-corrected chi connectivity index (χ4v) is 0.884. The van der Waals surface area contributed by atoms with Gasteiger partial charge in [0.25, 0.3) is 0 Å². The summed E-state index contributed by atoms with van der Waals surface area (Å²) in [5, 5.41) is 20.5. The van der Waals surface area contributed by atoms with Gasteiger partial charge < -0.3 is 10.0 Å². The molecule has 1 aromatic heterocycles. The van der Waals surface area contributed by atoms with Gasteiger partial charge in [-0.2, -0.15) is 13.9 Å². The first kappa shape index (κ1) is 12.0. The van der Waals surface area contributed by atoms with Crippen LogP contribution in [0, 0.1) is 0 Å². The lowest BCUT2D eigenvalue weighted by Crippen LogP contribution is -2.33. The molecular formula is C6H7BF4N2O2. The molecule has 9 heteroatoms. The van der Waals surface area contributed by atoms with Crippen LogP contribution in [0.15, 0.2) is 12.4 Å². The highest BCUT2D eigenvalue weighted by molar-refractivity contribution is 6.58. The SMILES string of the molecule is OB(O)c1cnn(CC(F)(F)C(F)F)c1. The van der Waals surface area contributed by atoms with Gasteiger partial charge in [0.05, 0.1) is 0 Å². The van der Waals surface area contributed by atoms with E-state index < -0.39 is 26.0 Å². The number of hydrogen-bond acceptors (Lipinski definition) is 3. The Kier molecular flexibility index (Phi) is 3.35. The highest BCUT2D eigenvalue weighted by atomic mass is 19.3. The minimum Gasteiger partial charge on any atom is -0.423 e. The summed E-state index contributed by atoms with van der Waals surface area (Å²) in [5.74, 6) is -4.19. The predicted octanol–water partition coefficient (Wildman–Crippen LogP) is -0.537. The molecule has 0 aliphatic carbocycles. The van der Waals surface area contributed by atoms with Crippen molar-refractivity contribution < 1.29 is 27.6 Å². The number of alkyl halides is 4. The van der Waals surface area contributed by atoms with Gasteiger partial charge in [0.1, 0.15) is 6.54 Å². The maximum absolute atomic E-state index is 12.5. The molecule has 0 spiro atoms. The van der Waals surface area contributed by atoms with Crippen molar-refractivity contribution in [3.63, 3.8) is 0 Å². The van der Waals surface area contributed by atoms with E-state index in [9.17, 15) is 17.6 Å². The molecular weight excluding hydrogens is 219 g/mol. The molecule has 0 saturated carbocycles. The molecule has 0 fully saturated rings. The lowest BCUT2D eigenvalue weighted by molar-refractivity contribution is -0.139. The highest BCUT2D eigenvalue weighted by Crippen LogP contribution is 2.24. The summed E-state index contributed by atoms with van der Waals surface area (Å²) in [6.45, 7) is -1.31. The van der Waals surface area contributed by atoms with Gasteiger partial charge in [0, 0.05) is 17.9 Å². The second kappa shape index (κ2) is 4.19. The molecule has 1 heterocycles. The second-order valence-electron chi connectivity index (χ2n) is 2.91. The first-order chi connectivity index (χ1) is 6.83. The number of aromatic nitrogens is 2. The van der Waals surface area contributed by atoms with Crippen LogP contribution in [0.25, 0.3) is 0 Å². The molecule has 0 radical (unpaired) electrons. The van der Waals surface area contributed by atoms with Crippen LogP contribution in [0.2, 0.25) is 0 Å². The normalized spacial score (nSPS) is 12.2. The van der Waals surface area contributed by atoms with E-state index in [2.05, 4.69) is 5.10 Å². The monoisotopic (exact) mass is 226 g/mol. The topological polar surface area (TPSA) is 58.3 Å². The van der Waals surface area contributed by atoms with Gasteiger partial charge in [-0.15, -0.1) is 0 Å². The van der Waals surface area contributed by atoms with Gasteiger partial charge in [0.15, 0.2) is 0 Å². The van der Waals surface area contributed by atoms with E-state index >= 15 is 0 Å². The first-order valence-electron chi connectivity index (χ1n) is 3.87. The van der Waals surface area contributed by atoms with Crippen molar-refractivity contribution >= 4 is 12.6 Å². The van der Waals surface area contributed by atoms with Crippen molar-refractivity contribution in [2.24, 2.45) is 0 Å². The zero-order valence-corrected chi connectivity index (χ0v) is 7.32. The van der Waals surface area contributed by atoms with Crippen LogP contribution < -0.4 is 5.46 Å². The Labute approximate surface area is 82.3 Å². The third-order valence-corrected chi connectivity index (χ3v) is 1.64. The third kappa shape index (κ3) is 2.93. The van der Waals surface area contributed by atoms with E-state index in [1.165, 1.54) is 0 Å². The van der Waals surface area contributed by atoms with Gasteiger partial charge in [-0.1, -0.05) is 0 Å². The first-order valence-corrected chi connectivity index (χ1v) is 3.87. The molecule has 2 N–H and O–H groups in total. The minimum absolute atomic E-state index is 0.139. The highest BCUT2D eigenvalue weighted by Gasteiger charge is 2.41. The summed E-state index contributed by atoms with van der Waals surface area (Å²) in [6.07, 6.45) is -2.02. The third-order valence-electron chi connectivity index (χ3n) is 1.64. The largest absolute Gasteiger partial charge is 0.491 e. The summed E-state index contributed by atoms with van der Waals surface area (Å²) in [5.41, 5.74) is -0.139. The van der Waals surface area contributed by atoms with Crippen LogP contribution in [0.3, 0.4) is 0 Å². The molecule has 15 heavy (non-hydrogen) atoms. The molecule has 0 aliphatic heterocycles. The number of rotatable bonds is 4. The van der Waals surface area contributed by atoms with E-state index in [4.69, 9.17) is 10.0 Å². The molecule has 1 rings (SSSR count). The molecule has 0 atom stereocenters. The number of halogens is 4. The maximum Gasteiger partial charge on any atom is 0.491 e. The lowest BCUT2D eigenvalue weighted by atomic mass is 9.83. The summed E-state index contributed by atoms with van der Waals surface area (Å²) in [4.78, 5) is 0. The van der Waals surface area contributed by atoms with Crippen LogP contribution in [0.1, 0.15) is 0 Å². The average molecular weight is 226 g/mol. The van der Waals surface area contributed by atoms with Crippen LogP contribution >= 0.6 is 0 Å². The fourth-order valence-electron chi connectivity index (χ4n) is 0.884. The zero-order chi connectivity index (χ0) is 11.6. The summed E-state index contributed by atoms with van der Waals surface area (Å²) in [7, 11) is -1.86. The Morgan fingerprint density at radius 1 is 1.47 bits per heavy atom. The van der Waals surface area contributed by atoms with Gasteiger partial charge in [-0.05, 0) is 0 Å². The smallest absolute Gasteiger partial charge is 0.423 e. The van der Waals surface area contributed by atoms with E-state index in [0.717, 1.165) is 12.4 Å². The quantitative estimate of drug-likeness (QED) is 0.535. The molecule has 4 nitrogen and oxygen atoms in total. The Bertz CT molecular complexity index is 331. The maximum atomic E-state index is 12.5. The molecule has 84 valence electrons. The molecule has 0 aliphatic rings. The van der Waals surface area contributed by atoms with Crippen molar-refractivity contribution in [1.29, 1.82) is 0 Å². The van der Waals surface area contributed by atoms with Crippen molar-refractivity contribution in [1.82, 2.24) is 9.78 Å². The van der Waals surface area contributed by atoms with Crippen LogP contribution in [0.5, 0.6) is 0 Å². The van der Waals surface area contributed by atoms with Gasteiger partial charge in [-0.25, -0.2) is 8.78 Å². The minimum atomic E-state index is -4.19. The summed E-state index contributed by atoms with van der Waals surface area (Å²) < 4.78 is 49.1. The number of hydrogen-bond donors (Lipinski definition) is 2. The Morgan fingerprint density at radius 3 is 2.47 bits per heavy atom. The lowest BCUT2D eigenvalue weighted by Gasteiger charge is -2.14. The molecule has 1 aromatic rings. The molecule has 0 saturated heterocycles. The molecule has 0 unspecified atom stereocenters. The van der Waals surface area contributed by atoms with Crippen molar-refractivity contribution in [3.8, 4) is 0 Å². The van der Waals surface area contributed by atoms with Crippen molar-refractivity contribution in [2.75, 3.05) is 0 Å².